The molecule has 94 valence electrons. The van der Waals surface area contributed by atoms with E-state index in [-0.39, 0.29) is 5.56 Å². The molecule has 2 aromatic carbocycles. The van der Waals surface area contributed by atoms with Gasteiger partial charge >= 0.3 is 0 Å². The van der Waals surface area contributed by atoms with E-state index >= 15 is 0 Å². The molecule has 19 heavy (non-hydrogen) atoms. The molecule has 1 heterocycles. The number of nitrogens with zero attached hydrogens (tertiary/aromatic N) is 2. The Labute approximate surface area is 115 Å². The van der Waals surface area contributed by atoms with Crippen LogP contribution in [0.1, 0.15) is 0 Å². The first kappa shape index (κ1) is 11.8. The van der Waals surface area contributed by atoms with Crippen LogP contribution in [0.25, 0.3) is 11.4 Å². The van der Waals surface area contributed by atoms with Crippen molar-refractivity contribution in [3.05, 3.63) is 82.2 Å². The van der Waals surface area contributed by atoms with Crippen molar-refractivity contribution in [3.8, 4) is 11.4 Å². The van der Waals surface area contributed by atoms with Gasteiger partial charge in [0.25, 0.3) is 5.56 Å². The van der Waals surface area contributed by atoms with Gasteiger partial charge in [0.1, 0.15) is 5.15 Å². The fourth-order valence-corrected chi connectivity index (χ4v) is 2.30. The molecule has 0 aliphatic carbocycles. The van der Waals surface area contributed by atoms with Crippen LogP contribution in [0.4, 0.5) is 0 Å². The number of halogens is 1. The van der Waals surface area contributed by atoms with Crippen LogP contribution < -0.4 is 5.56 Å². The van der Waals surface area contributed by atoms with Crippen LogP contribution in [0.3, 0.4) is 0 Å². The molecule has 0 aliphatic rings. The van der Waals surface area contributed by atoms with E-state index in [4.69, 9.17) is 11.6 Å². The molecule has 0 aliphatic heterocycles. The monoisotopic (exact) mass is 270 g/mol. The molecule has 0 bridgehead atoms. The van der Waals surface area contributed by atoms with Gasteiger partial charge in [0.15, 0.2) is 0 Å². The second kappa shape index (κ2) is 4.78. The van der Waals surface area contributed by atoms with Gasteiger partial charge in [0, 0.05) is 6.07 Å². The van der Waals surface area contributed by atoms with E-state index in [2.05, 4.69) is 0 Å². The Kier molecular flexibility index (Phi) is 2.97. The maximum atomic E-state index is 12.1. The SMILES string of the molecule is O=c1cc(Cl)n(-c2ccccc2)n1-c1ccccc1. The van der Waals surface area contributed by atoms with E-state index in [0.717, 1.165) is 11.4 Å². The number of benzene rings is 2. The largest absolute Gasteiger partial charge is 0.273 e. The summed E-state index contributed by atoms with van der Waals surface area (Å²) in [5.41, 5.74) is 1.47. The van der Waals surface area contributed by atoms with Crippen molar-refractivity contribution in [3.63, 3.8) is 0 Å². The summed E-state index contributed by atoms with van der Waals surface area (Å²) in [6.45, 7) is 0. The highest BCUT2D eigenvalue weighted by atomic mass is 35.5. The molecule has 0 saturated heterocycles. The Bertz CT molecular complexity index is 745. The summed E-state index contributed by atoms with van der Waals surface area (Å²) >= 11 is 6.18. The smallest absolute Gasteiger partial charge is 0.267 e. The van der Waals surface area contributed by atoms with Crippen molar-refractivity contribution < 1.29 is 0 Å². The van der Waals surface area contributed by atoms with Crippen LogP contribution in [0.5, 0.6) is 0 Å². The first-order valence-corrected chi connectivity index (χ1v) is 6.26. The maximum Gasteiger partial charge on any atom is 0.273 e. The van der Waals surface area contributed by atoms with Gasteiger partial charge in [-0.2, -0.15) is 0 Å². The summed E-state index contributed by atoms with van der Waals surface area (Å²) in [7, 11) is 0. The molecule has 0 radical (unpaired) electrons. The Morgan fingerprint density at radius 1 is 0.737 bits per heavy atom. The number of hydrogen-bond acceptors (Lipinski definition) is 1. The van der Waals surface area contributed by atoms with Crippen LogP contribution in [0, 0.1) is 0 Å². The molecule has 3 nitrogen and oxygen atoms in total. The van der Waals surface area contributed by atoms with Crippen LogP contribution in [0.15, 0.2) is 71.5 Å². The third-order valence-electron chi connectivity index (χ3n) is 2.86. The van der Waals surface area contributed by atoms with Gasteiger partial charge in [-0.1, -0.05) is 48.0 Å². The maximum absolute atomic E-state index is 12.1. The van der Waals surface area contributed by atoms with Gasteiger partial charge in [0.05, 0.1) is 11.4 Å². The predicted molar refractivity (Wildman–Crippen MR) is 76.4 cm³/mol. The third kappa shape index (κ3) is 2.09. The normalized spacial score (nSPS) is 10.6. The van der Waals surface area contributed by atoms with Crippen LogP contribution in [-0.4, -0.2) is 9.36 Å². The number of para-hydroxylation sites is 2. The lowest BCUT2D eigenvalue weighted by molar-refractivity contribution is 0.724. The minimum atomic E-state index is -0.153. The number of aromatic nitrogens is 2. The topological polar surface area (TPSA) is 26.9 Å². The molecule has 3 aromatic rings. The van der Waals surface area contributed by atoms with E-state index in [1.165, 1.54) is 6.07 Å². The van der Waals surface area contributed by atoms with E-state index in [1.54, 1.807) is 9.36 Å². The predicted octanol–water partition coefficient (Wildman–Crippen LogP) is 3.28. The molecule has 0 spiro atoms. The zero-order valence-electron chi connectivity index (χ0n) is 10.0. The molecule has 3 rings (SSSR count). The first-order valence-electron chi connectivity index (χ1n) is 5.89. The molecule has 0 atom stereocenters. The molecule has 1 aromatic heterocycles. The summed E-state index contributed by atoms with van der Waals surface area (Å²) in [5.74, 6) is 0. The van der Waals surface area contributed by atoms with Crippen molar-refractivity contribution in [1.29, 1.82) is 0 Å². The number of rotatable bonds is 2. The summed E-state index contributed by atoms with van der Waals surface area (Å²) in [5, 5.41) is 0.389. The quantitative estimate of drug-likeness (QED) is 0.702. The van der Waals surface area contributed by atoms with E-state index in [0.29, 0.717) is 5.15 Å². The van der Waals surface area contributed by atoms with Crippen molar-refractivity contribution in [2.24, 2.45) is 0 Å². The highest BCUT2D eigenvalue weighted by molar-refractivity contribution is 6.29. The van der Waals surface area contributed by atoms with Crippen LogP contribution in [0.2, 0.25) is 5.15 Å². The fraction of sp³-hybridized carbons (Fsp3) is 0. The zero-order valence-corrected chi connectivity index (χ0v) is 10.8. The Morgan fingerprint density at radius 3 is 1.74 bits per heavy atom. The molecular formula is C15H11ClN2O. The molecule has 0 saturated carbocycles. The zero-order chi connectivity index (χ0) is 13.2. The molecule has 0 amide bonds. The van der Waals surface area contributed by atoms with Gasteiger partial charge in [-0.25, -0.2) is 9.36 Å². The van der Waals surface area contributed by atoms with Crippen molar-refractivity contribution >= 4 is 11.6 Å². The highest BCUT2D eigenvalue weighted by Gasteiger charge is 2.12. The molecule has 4 heteroatoms. The molecule has 0 N–H and O–H groups in total. The summed E-state index contributed by atoms with van der Waals surface area (Å²) in [6.07, 6.45) is 0. The average Bonchev–Trinajstić information content (AvgIpc) is 2.75. The average molecular weight is 271 g/mol. The lowest BCUT2D eigenvalue weighted by Crippen LogP contribution is -2.19. The minimum absolute atomic E-state index is 0.153. The van der Waals surface area contributed by atoms with Crippen molar-refractivity contribution in [1.82, 2.24) is 9.36 Å². The Morgan fingerprint density at radius 2 is 1.21 bits per heavy atom. The fourth-order valence-electron chi connectivity index (χ4n) is 2.04. The summed E-state index contributed by atoms with van der Waals surface area (Å²) in [4.78, 5) is 12.1. The summed E-state index contributed by atoms with van der Waals surface area (Å²) in [6, 6.07) is 20.4. The first-order chi connectivity index (χ1) is 9.27. The second-order valence-electron chi connectivity index (χ2n) is 4.10. The second-order valence-corrected chi connectivity index (χ2v) is 4.49. The number of hydrogen-bond donors (Lipinski definition) is 0. The van der Waals surface area contributed by atoms with E-state index < -0.39 is 0 Å². The van der Waals surface area contributed by atoms with Crippen molar-refractivity contribution in [2.75, 3.05) is 0 Å². The Balaban J connectivity index is 2.30. The van der Waals surface area contributed by atoms with Gasteiger partial charge in [-0.05, 0) is 24.3 Å². The Hall–Kier alpha value is -2.26. The van der Waals surface area contributed by atoms with Gasteiger partial charge in [0.2, 0.25) is 0 Å². The molecular weight excluding hydrogens is 260 g/mol. The lowest BCUT2D eigenvalue weighted by atomic mass is 10.3. The minimum Gasteiger partial charge on any atom is -0.267 e. The van der Waals surface area contributed by atoms with E-state index in [1.807, 2.05) is 60.7 Å². The van der Waals surface area contributed by atoms with E-state index in [9.17, 15) is 4.79 Å². The van der Waals surface area contributed by atoms with Gasteiger partial charge < -0.3 is 0 Å². The third-order valence-corrected chi connectivity index (χ3v) is 3.12. The standard InChI is InChI=1S/C15H11ClN2O/c16-14-11-15(19)18(13-9-5-2-6-10-13)17(14)12-7-3-1-4-8-12/h1-11H. The van der Waals surface area contributed by atoms with Gasteiger partial charge in [-0.15, -0.1) is 0 Å². The van der Waals surface area contributed by atoms with Gasteiger partial charge in [-0.3, -0.25) is 4.79 Å². The van der Waals surface area contributed by atoms with Crippen molar-refractivity contribution in [2.45, 2.75) is 0 Å². The van der Waals surface area contributed by atoms with Crippen LogP contribution in [-0.2, 0) is 0 Å². The molecule has 0 unspecified atom stereocenters. The summed E-state index contributed by atoms with van der Waals surface area (Å²) < 4.78 is 3.25. The highest BCUT2D eigenvalue weighted by Crippen LogP contribution is 2.17. The molecule has 0 fully saturated rings. The van der Waals surface area contributed by atoms with Crippen LogP contribution >= 0.6 is 11.6 Å². The lowest BCUT2D eigenvalue weighted by Gasteiger charge is -2.12.